The summed E-state index contributed by atoms with van der Waals surface area (Å²) in [7, 11) is 0. The maximum atomic E-state index is 6.33. The molecule has 1 unspecified atom stereocenters. The van der Waals surface area contributed by atoms with Gasteiger partial charge in [0.1, 0.15) is 5.65 Å². The minimum absolute atomic E-state index is 0.329. The van der Waals surface area contributed by atoms with Gasteiger partial charge in [-0.1, -0.05) is 35.1 Å². The first-order valence-electron chi connectivity index (χ1n) is 8.41. The van der Waals surface area contributed by atoms with Crippen molar-refractivity contribution in [3.8, 4) is 0 Å². The van der Waals surface area contributed by atoms with Crippen molar-refractivity contribution in [1.29, 1.82) is 0 Å². The molecular formula is C16H19Cl2N7S. The summed E-state index contributed by atoms with van der Waals surface area (Å²) < 4.78 is 6.25. The van der Waals surface area contributed by atoms with Gasteiger partial charge in [-0.25, -0.2) is 9.29 Å². The van der Waals surface area contributed by atoms with Crippen molar-refractivity contribution in [2.24, 2.45) is 0 Å². The van der Waals surface area contributed by atoms with Gasteiger partial charge in [0.05, 0.1) is 28.3 Å². The summed E-state index contributed by atoms with van der Waals surface area (Å²) in [6.45, 7) is 4.85. The van der Waals surface area contributed by atoms with Crippen molar-refractivity contribution in [2.75, 3.05) is 24.7 Å². The number of hydrogen-bond acceptors (Lipinski definition) is 6. The lowest BCUT2D eigenvalue weighted by Gasteiger charge is -2.12. The molecule has 0 amide bonds. The van der Waals surface area contributed by atoms with Crippen molar-refractivity contribution in [3.05, 3.63) is 28.8 Å². The summed E-state index contributed by atoms with van der Waals surface area (Å²) in [5.74, 6) is 0.473. The number of halogens is 2. The molecule has 0 saturated carbocycles. The Morgan fingerprint density at radius 3 is 2.92 bits per heavy atom. The monoisotopic (exact) mass is 411 g/mol. The Kier molecular flexibility index (Phi) is 5.00. The van der Waals surface area contributed by atoms with E-state index in [-0.39, 0.29) is 0 Å². The van der Waals surface area contributed by atoms with Gasteiger partial charge in [-0.05, 0) is 19.6 Å². The van der Waals surface area contributed by atoms with Crippen LogP contribution in [0.4, 0.5) is 11.6 Å². The summed E-state index contributed by atoms with van der Waals surface area (Å²) in [5.41, 5.74) is 1.50. The second-order valence-corrected chi connectivity index (χ2v) is 7.79. The van der Waals surface area contributed by atoms with E-state index in [1.807, 2.05) is 28.6 Å². The maximum absolute atomic E-state index is 6.33. The first-order chi connectivity index (χ1) is 12.6. The predicted molar refractivity (Wildman–Crippen MR) is 107 cm³/mol. The van der Waals surface area contributed by atoms with E-state index >= 15 is 0 Å². The van der Waals surface area contributed by atoms with E-state index in [0.29, 0.717) is 27.9 Å². The van der Waals surface area contributed by atoms with Gasteiger partial charge >= 0.3 is 0 Å². The topological polar surface area (TPSA) is 63.8 Å². The second kappa shape index (κ2) is 7.26. The Labute approximate surface area is 165 Å². The normalized spacial score (nSPS) is 18.1. The van der Waals surface area contributed by atoms with Crippen LogP contribution in [0, 0.1) is 0 Å². The van der Waals surface area contributed by atoms with E-state index in [1.54, 1.807) is 18.1 Å². The van der Waals surface area contributed by atoms with Gasteiger partial charge in [0, 0.05) is 32.0 Å². The van der Waals surface area contributed by atoms with Crippen LogP contribution in [0.2, 0.25) is 10.2 Å². The molecule has 0 aliphatic carbocycles. The van der Waals surface area contributed by atoms with E-state index < -0.39 is 0 Å². The summed E-state index contributed by atoms with van der Waals surface area (Å²) in [6, 6.07) is 0.329. The van der Waals surface area contributed by atoms with Crippen LogP contribution in [0.25, 0.3) is 11.0 Å². The largest absolute Gasteiger partial charge is 0.331 e. The van der Waals surface area contributed by atoms with Crippen molar-refractivity contribution < 1.29 is 0 Å². The fourth-order valence-electron chi connectivity index (χ4n) is 3.18. The number of aromatic nitrogens is 5. The number of fused-ring (bicyclic) bond motifs is 1. The third kappa shape index (κ3) is 3.26. The lowest BCUT2D eigenvalue weighted by Crippen LogP contribution is -2.14. The molecule has 1 atom stereocenters. The molecule has 4 rings (SSSR count). The number of nitrogens with zero attached hydrogens (tertiary/aromatic N) is 6. The molecule has 0 aromatic carbocycles. The van der Waals surface area contributed by atoms with Crippen LogP contribution in [0.3, 0.4) is 0 Å². The van der Waals surface area contributed by atoms with Gasteiger partial charge in [0.15, 0.2) is 5.15 Å². The van der Waals surface area contributed by atoms with Crippen molar-refractivity contribution in [2.45, 2.75) is 25.9 Å². The lowest BCUT2D eigenvalue weighted by molar-refractivity contribution is 0.465. The minimum Gasteiger partial charge on any atom is -0.331 e. The third-order valence-corrected chi connectivity index (χ3v) is 6.03. The number of hydrogen-bond donors (Lipinski definition) is 1. The number of nitrogens with one attached hydrogen (secondary N) is 1. The average Bonchev–Trinajstić information content (AvgIpc) is 3.33. The van der Waals surface area contributed by atoms with E-state index in [0.717, 1.165) is 37.1 Å². The van der Waals surface area contributed by atoms with Crippen LogP contribution in [-0.4, -0.2) is 48.0 Å². The van der Waals surface area contributed by atoms with Crippen LogP contribution < -0.4 is 5.32 Å². The van der Waals surface area contributed by atoms with Crippen molar-refractivity contribution >= 4 is 57.8 Å². The zero-order valence-electron chi connectivity index (χ0n) is 14.5. The molecule has 1 aliphatic rings. The summed E-state index contributed by atoms with van der Waals surface area (Å²) in [4.78, 5) is 8.94. The molecule has 1 saturated heterocycles. The van der Waals surface area contributed by atoms with E-state index in [2.05, 4.69) is 30.9 Å². The highest BCUT2D eigenvalue weighted by atomic mass is 35.5. The van der Waals surface area contributed by atoms with Gasteiger partial charge in [-0.15, -0.1) is 0 Å². The zero-order valence-corrected chi connectivity index (χ0v) is 16.8. The number of aryl methyl sites for hydroxylation is 1. The van der Waals surface area contributed by atoms with Gasteiger partial charge in [-0.3, -0.25) is 4.68 Å². The molecule has 10 heteroatoms. The standard InChI is InChI=1S/C16H19Cl2N7S/c1-3-23-8-12(17)11-6-19-16(21-15(11)23)20-13-9-25(22-14(13)18)10-4-5-24(7-10)26-2/h6,8-10H,3-5,7H2,1-2H3,(H,19,20,21). The van der Waals surface area contributed by atoms with Crippen LogP contribution in [0.15, 0.2) is 18.6 Å². The molecule has 138 valence electrons. The van der Waals surface area contributed by atoms with Gasteiger partial charge in [0.2, 0.25) is 5.95 Å². The molecule has 0 radical (unpaired) electrons. The smallest absolute Gasteiger partial charge is 0.229 e. The van der Waals surface area contributed by atoms with Gasteiger partial charge in [-0.2, -0.15) is 10.1 Å². The molecule has 7 nitrogen and oxygen atoms in total. The third-order valence-electron chi connectivity index (χ3n) is 4.60. The summed E-state index contributed by atoms with van der Waals surface area (Å²) >= 11 is 14.3. The summed E-state index contributed by atoms with van der Waals surface area (Å²) in [6.07, 6.45) is 8.68. The van der Waals surface area contributed by atoms with Crippen molar-refractivity contribution in [1.82, 2.24) is 28.6 Å². The maximum Gasteiger partial charge on any atom is 0.229 e. The van der Waals surface area contributed by atoms with E-state index in [9.17, 15) is 0 Å². The van der Waals surface area contributed by atoms with Crippen LogP contribution in [0.1, 0.15) is 19.4 Å². The highest BCUT2D eigenvalue weighted by Crippen LogP contribution is 2.30. The molecule has 26 heavy (non-hydrogen) atoms. The fourth-order valence-corrected chi connectivity index (χ4v) is 4.23. The predicted octanol–water partition coefficient (Wildman–Crippen LogP) is 4.22. The average molecular weight is 412 g/mol. The van der Waals surface area contributed by atoms with Crippen LogP contribution >= 0.6 is 35.1 Å². The zero-order chi connectivity index (χ0) is 18.3. The highest BCUT2D eigenvalue weighted by molar-refractivity contribution is 7.96. The van der Waals surface area contributed by atoms with E-state index in [1.165, 1.54) is 0 Å². The molecule has 3 aromatic rings. The molecule has 4 heterocycles. The Morgan fingerprint density at radius 2 is 2.19 bits per heavy atom. The highest BCUT2D eigenvalue weighted by Gasteiger charge is 2.25. The number of anilines is 2. The summed E-state index contributed by atoms with van der Waals surface area (Å²) in [5, 5.41) is 9.55. The van der Waals surface area contributed by atoms with Gasteiger partial charge in [0.25, 0.3) is 0 Å². The van der Waals surface area contributed by atoms with Gasteiger partial charge < -0.3 is 9.88 Å². The second-order valence-electron chi connectivity index (χ2n) is 6.15. The molecule has 0 spiro atoms. The molecule has 1 fully saturated rings. The molecule has 1 aliphatic heterocycles. The lowest BCUT2D eigenvalue weighted by atomic mass is 10.3. The van der Waals surface area contributed by atoms with Crippen LogP contribution in [0.5, 0.6) is 0 Å². The Balaban J connectivity index is 1.58. The van der Waals surface area contributed by atoms with Crippen molar-refractivity contribution in [3.63, 3.8) is 0 Å². The first-order valence-corrected chi connectivity index (χ1v) is 10.3. The number of rotatable bonds is 5. The molecular weight excluding hydrogens is 393 g/mol. The SMILES string of the molecule is CCn1cc(Cl)c2cnc(Nc3cn(C4CCN(SC)C4)nc3Cl)nc21. The van der Waals surface area contributed by atoms with Crippen LogP contribution in [-0.2, 0) is 6.54 Å². The molecule has 1 N–H and O–H groups in total. The Bertz CT molecular complexity index is 938. The van der Waals surface area contributed by atoms with E-state index in [4.69, 9.17) is 23.2 Å². The minimum atomic E-state index is 0.329. The molecule has 0 bridgehead atoms. The fraction of sp³-hybridized carbons (Fsp3) is 0.438. The quantitative estimate of drug-likeness (QED) is 0.633. The molecule has 3 aromatic heterocycles. The Hall–Kier alpha value is -1.48. The first kappa shape index (κ1) is 17.9. The Morgan fingerprint density at radius 1 is 1.35 bits per heavy atom.